The highest BCUT2D eigenvalue weighted by atomic mass is 19.4. The highest BCUT2D eigenvalue weighted by molar-refractivity contribution is 5.77. The zero-order valence-electron chi connectivity index (χ0n) is 22.7. The molecule has 0 radical (unpaired) electrons. The Balaban J connectivity index is 1.65. The van der Waals surface area contributed by atoms with Gasteiger partial charge in [-0.1, -0.05) is 30.3 Å². The molecule has 226 valence electrons. The van der Waals surface area contributed by atoms with Gasteiger partial charge in [0.1, 0.15) is 5.60 Å². The number of carbonyl (C=O) groups excluding carboxylic acids is 2. The van der Waals surface area contributed by atoms with E-state index in [9.17, 15) is 35.9 Å². The zero-order valence-corrected chi connectivity index (χ0v) is 22.7. The van der Waals surface area contributed by atoms with Crippen molar-refractivity contribution in [1.82, 2.24) is 21.3 Å². The van der Waals surface area contributed by atoms with Crippen LogP contribution in [-0.4, -0.2) is 42.4 Å². The van der Waals surface area contributed by atoms with Crippen molar-refractivity contribution in [2.24, 2.45) is 0 Å². The van der Waals surface area contributed by atoms with E-state index in [1.54, 1.807) is 25.8 Å². The maximum absolute atomic E-state index is 13.2. The average molecular weight is 591 g/mol. The first-order valence-corrected chi connectivity index (χ1v) is 12.7. The van der Waals surface area contributed by atoms with Gasteiger partial charge >= 0.3 is 24.5 Å². The summed E-state index contributed by atoms with van der Waals surface area (Å²) in [6.45, 7) is 5.27. The number of hydrogen-bond acceptors (Lipinski definition) is 5. The third kappa shape index (κ3) is 9.52. The second kappa shape index (κ2) is 12.6. The summed E-state index contributed by atoms with van der Waals surface area (Å²) < 4.78 is 90.2. The van der Waals surface area contributed by atoms with Crippen molar-refractivity contribution in [1.29, 1.82) is 0 Å². The van der Waals surface area contributed by atoms with Gasteiger partial charge < -0.3 is 9.47 Å². The Morgan fingerprint density at radius 3 is 1.95 bits per heavy atom. The Bertz CT molecular complexity index is 1160. The van der Waals surface area contributed by atoms with Crippen molar-refractivity contribution in [2.45, 2.75) is 63.6 Å². The first kappa shape index (κ1) is 32.0. The Labute approximate surface area is 233 Å². The minimum absolute atomic E-state index is 0.0227. The van der Waals surface area contributed by atoms with Crippen LogP contribution in [0.25, 0.3) is 0 Å². The number of rotatable bonds is 6. The zero-order chi connectivity index (χ0) is 30.5. The SMILES string of the molecule is CC(C)(C)OC(=O)NNC(=O)NN1CCC(COCc2cc(C(F)(F)F)cc(C(F)(F)F)c2)(c2ccccc2)CC1. The summed E-state index contributed by atoms with van der Waals surface area (Å²) >= 11 is 0. The second-order valence-electron chi connectivity index (χ2n) is 10.7. The summed E-state index contributed by atoms with van der Waals surface area (Å²) in [5, 5.41) is 1.62. The van der Waals surface area contributed by atoms with Crippen molar-refractivity contribution < 1.29 is 45.4 Å². The first-order chi connectivity index (χ1) is 19.0. The number of nitrogens with zero attached hydrogens (tertiary/aromatic N) is 1. The van der Waals surface area contributed by atoms with E-state index in [4.69, 9.17) is 9.47 Å². The van der Waals surface area contributed by atoms with Gasteiger partial charge in [0.25, 0.3) is 0 Å². The number of hydrazine groups is 2. The average Bonchev–Trinajstić information content (AvgIpc) is 2.87. The lowest BCUT2D eigenvalue weighted by Crippen LogP contribution is -2.56. The van der Waals surface area contributed by atoms with Crippen molar-refractivity contribution >= 4 is 12.1 Å². The maximum Gasteiger partial charge on any atom is 0.426 e. The Morgan fingerprint density at radius 2 is 1.44 bits per heavy atom. The standard InChI is InChI=1S/C27H32F6N4O4/c1-24(2,3)41-23(39)35-34-22(38)36-37-11-9-25(10-12-37,19-7-5-4-6-8-19)17-40-16-18-13-20(26(28,29)30)15-21(14-18)27(31,32)33/h4-8,13-15H,9-12,16-17H2,1-3H3,(H,35,39)(H2,34,36,38). The molecule has 0 saturated carbocycles. The second-order valence-corrected chi connectivity index (χ2v) is 10.7. The molecule has 8 nitrogen and oxygen atoms in total. The quantitative estimate of drug-likeness (QED) is 0.287. The lowest BCUT2D eigenvalue weighted by molar-refractivity contribution is -0.143. The topological polar surface area (TPSA) is 91.9 Å². The normalized spacial score (nSPS) is 16.1. The highest BCUT2D eigenvalue weighted by Gasteiger charge is 2.39. The molecule has 3 amide bonds. The van der Waals surface area contributed by atoms with E-state index in [2.05, 4.69) is 16.3 Å². The molecule has 1 heterocycles. The van der Waals surface area contributed by atoms with E-state index < -0.39 is 53.2 Å². The number of alkyl halides is 6. The summed E-state index contributed by atoms with van der Waals surface area (Å²) in [6.07, 6.45) is -9.83. The van der Waals surface area contributed by atoms with E-state index >= 15 is 0 Å². The smallest absolute Gasteiger partial charge is 0.426 e. The molecule has 2 aromatic rings. The van der Waals surface area contributed by atoms with E-state index in [-0.39, 0.29) is 18.2 Å². The van der Waals surface area contributed by atoms with E-state index in [0.29, 0.717) is 38.1 Å². The molecule has 0 atom stereocenters. The van der Waals surface area contributed by atoms with E-state index in [0.717, 1.165) is 5.56 Å². The molecule has 3 rings (SSSR count). The number of halogens is 6. The van der Waals surface area contributed by atoms with Crippen LogP contribution in [0.1, 0.15) is 55.9 Å². The van der Waals surface area contributed by atoms with Crippen LogP contribution in [0.3, 0.4) is 0 Å². The van der Waals surface area contributed by atoms with Gasteiger partial charge in [-0.25, -0.2) is 25.4 Å². The molecule has 1 saturated heterocycles. The van der Waals surface area contributed by atoms with Gasteiger partial charge in [-0.15, -0.1) is 0 Å². The molecule has 0 spiro atoms. The van der Waals surface area contributed by atoms with Gasteiger partial charge in [0.05, 0.1) is 24.3 Å². The van der Waals surface area contributed by atoms with Crippen LogP contribution < -0.4 is 16.3 Å². The summed E-state index contributed by atoms with van der Waals surface area (Å²) in [7, 11) is 0. The van der Waals surface area contributed by atoms with Crippen molar-refractivity contribution in [3.63, 3.8) is 0 Å². The van der Waals surface area contributed by atoms with Crippen molar-refractivity contribution in [3.8, 4) is 0 Å². The van der Waals surface area contributed by atoms with Gasteiger partial charge in [-0.05, 0) is 62.9 Å². The molecule has 1 fully saturated rings. The lowest BCUT2D eigenvalue weighted by Gasteiger charge is -2.42. The fraction of sp³-hybridized carbons (Fsp3) is 0.481. The number of hydrogen-bond donors (Lipinski definition) is 3. The highest BCUT2D eigenvalue weighted by Crippen LogP contribution is 2.38. The minimum Gasteiger partial charge on any atom is -0.443 e. The van der Waals surface area contributed by atoms with E-state index in [1.165, 1.54) is 0 Å². The lowest BCUT2D eigenvalue weighted by atomic mass is 9.73. The molecule has 0 bridgehead atoms. The predicted octanol–water partition coefficient (Wildman–Crippen LogP) is 5.93. The predicted molar refractivity (Wildman–Crippen MR) is 136 cm³/mol. The van der Waals surface area contributed by atoms with E-state index in [1.807, 2.05) is 30.3 Å². The Kier molecular flexibility index (Phi) is 9.80. The molecule has 0 aromatic heterocycles. The molecular formula is C27H32F6N4O4. The van der Waals surface area contributed by atoms with Crippen LogP contribution in [0.4, 0.5) is 35.9 Å². The summed E-state index contributed by atoms with van der Waals surface area (Å²) in [5.74, 6) is 0. The summed E-state index contributed by atoms with van der Waals surface area (Å²) in [6, 6.07) is 9.88. The third-order valence-corrected chi connectivity index (χ3v) is 6.34. The molecule has 3 N–H and O–H groups in total. The largest absolute Gasteiger partial charge is 0.443 e. The monoisotopic (exact) mass is 590 g/mol. The summed E-state index contributed by atoms with van der Waals surface area (Å²) in [4.78, 5) is 23.9. The molecule has 0 aliphatic carbocycles. The molecular weight excluding hydrogens is 558 g/mol. The molecule has 41 heavy (non-hydrogen) atoms. The Morgan fingerprint density at radius 1 is 0.878 bits per heavy atom. The number of nitrogens with one attached hydrogen (secondary N) is 3. The van der Waals surface area contributed by atoms with Gasteiger partial charge in [-0.2, -0.15) is 26.3 Å². The molecule has 0 unspecified atom stereocenters. The minimum atomic E-state index is -4.95. The number of carbonyl (C=O) groups is 2. The van der Waals surface area contributed by atoms with Gasteiger partial charge in [0, 0.05) is 18.5 Å². The van der Waals surface area contributed by atoms with Crippen LogP contribution in [0.15, 0.2) is 48.5 Å². The molecule has 2 aromatic carbocycles. The number of ether oxygens (including phenoxy) is 2. The molecule has 1 aliphatic rings. The van der Waals surface area contributed by atoms with Gasteiger partial charge in [-0.3, -0.25) is 5.43 Å². The summed E-state index contributed by atoms with van der Waals surface area (Å²) in [5.41, 5.74) is 3.40. The van der Waals surface area contributed by atoms with Gasteiger partial charge in [0.2, 0.25) is 0 Å². The first-order valence-electron chi connectivity index (χ1n) is 12.7. The third-order valence-electron chi connectivity index (χ3n) is 6.34. The number of amides is 3. The fourth-order valence-corrected chi connectivity index (χ4v) is 4.40. The molecule has 1 aliphatic heterocycles. The Hall–Kier alpha value is -3.52. The number of piperidine rings is 1. The van der Waals surface area contributed by atoms with Crippen LogP contribution in [0.2, 0.25) is 0 Å². The number of urea groups is 1. The molecule has 14 heteroatoms. The maximum atomic E-state index is 13.2. The van der Waals surface area contributed by atoms with Crippen molar-refractivity contribution in [3.05, 3.63) is 70.8 Å². The fourth-order valence-electron chi connectivity index (χ4n) is 4.40. The van der Waals surface area contributed by atoms with Gasteiger partial charge in [0.15, 0.2) is 0 Å². The van der Waals surface area contributed by atoms with Crippen LogP contribution in [0.5, 0.6) is 0 Å². The van der Waals surface area contributed by atoms with Crippen LogP contribution in [0, 0.1) is 0 Å². The van der Waals surface area contributed by atoms with Crippen LogP contribution in [-0.2, 0) is 33.8 Å². The van der Waals surface area contributed by atoms with Crippen LogP contribution >= 0.6 is 0 Å². The van der Waals surface area contributed by atoms with Crippen molar-refractivity contribution in [2.75, 3.05) is 19.7 Å². The number of benzene rings is 2.